The molecule has 53 heteroatoms. The number of carbonyl (C=O) groups excluding carboxylic acids is 3. The molecule has 0 aromatic rings. The number of carbonyl (C=O) groups is 3. The maximum Gasteiger partial charge on any atom is 0.303 e. The summed E-state index contributed by atoms with van der Waals surface area (Å²) < 4.78 is 12.1. The van der Waals surface area contributed by atoms with Crippen molar-refractivity contribution < 1.29 is 23.5 Å². The Morgan fingerprint density at radius 3 is 1.02 bits per heavy atom. The van der Waals surface area contributed by atoms with Gasteiger partial charge in [-0.2, -0.15) is 0 Å². The summed E-state index contributed by atoms with van der Waals surface area (Å²) in [5.41, 5.74) is 2.26. The van der Waals surface area contributed by atoms with Crippen LogP contribution in [0.5, 0.6) is 0 Å². The van der Waals surface area contributed by atoms with E-state index >= 15 is 0 Å². The molecule has 0 fully saturated rings. The Morgan fingerprint density at radius 1 is 0.485 bits per heavy atom. The summed E-state index contributed by atoms with van der Waals surface area (Å²) in [5.74, 6) is 0.490. The van der Waals surface area contributed by atoms with Crippen LogP contribution in [0.2, 0.25) is 18.1 Å². The lowest BCUT2D eigenvalue weighted by Crippen LogP contribution is -2.44. The highest BCUT2D eigenvalue weighted by Crippen LogP contribution is 3.34. The summed E-state index contributed by atoms with van der Waals surface area (Å²) in [4.78, 5) is 40.2. The molecule has 2 aliphatic heterocycles. The molecular weight excluding hydrogens is 2060 g/mol. The first-order chi connectivity index (χ1) is 44.7. The summed E-state index contributed by atoms with van der Waals surface area (Å²) in [6.07, 6.45) is 25.0. The zero-order chi connectivity index (χ0) is 75.9. The molecule has 97 heavy (non-hydrogen) atoms. The smallest absolute Gasteiger partial charge is 0.303 e. The molecule has 0 aromatic heterocycles. The average molecular weight is 2180 g/mol. The second kappa shape index (κ2) is 63.3. The van der Waals surface area contributed by atoms with E-state index in [1.165, 1.54) is 12.5 Å². The van der Waals surface area contributed by atoms with Gasteiger partial charge in [-0.25, -0.2) is 0 Å². The Balaban J connectivity index is 0. The van der Waals surface area contributed by atoms with E-state index in [4.69, 9.17) is 9.16 Å². The second-order valence-electron chi connectivity index (χ2n) is 23.2. The largest absolute Gasteiger partial charge is 0.458 e. The summed E-state index contributed by atoms with van der Waals surface area (Å²) >= 11 is 0. The highest BCUT2D eigenvalue weighted by Gasteiger charge is 2.47. The van der Waals surface area contributed by atoms with Crippen LogP contribution < -0.4 is 0 Å². The van der Waals surface area contributed by atoms with Crippen molar-refractivity contribution in [2.24, 2.45) is 11.8 Å². The van der Waals surface area contributed by atoms with Crippen molar-refractivity contribution in [3.8, 4) is 0 Å². The Kier molecular flexibility index (Phi) is 75.3. The Hall–Kier alpha value is 16.4. The van der Waals surface area contributed by atoms with E-state index in [0.717, 1.165) is 64.9 Å². The molecule has 33 atom stereocenters. The lowest BCUT2D eigenvalue weighted by Gasteiger charge is -2.47. The topological polar surface area (TPSA) is 76.1 Å². The fourth-order valence-corrected chi connectivity index (χ4v) is 565. The normalized spacial score (nSPS) is 22.2. The lowest BCUT2D eigenvalue weighted by atomic mass is 9.91. The fraction of sp³-hybridized carbons (Fsp3) is 0.659. The number of allylic oxidation sites excluding steroid dienone is 4. The number of hydrogen-bond acceptors (Lipinski definition) is 5. The number of likely N-dealkylation sites (N-methyl/N-ethyl adjacent to an activating group) is 2. The highest BCUT2D eigenvalue weighted by molar-refractivity contribution is 9.40. The maximum atomic E-state index is 12.7. The van der Waals surface area contributed by atoms with Crippen LogP contribution in [0.4, 0.5) is 0 Å². The fourth-order valence-electron chi connectivity index (χ4n) is 9.23. The molecule has 2 amide bonds. The first-order valence-corrected chi connectivity index (χ1v) is 113. The van der Waals surface area contributed by atoms with Crippen LogP contribution in [0, 0.1) is 11.8 Å². The SMILES string of the molecule is C=C/C=C(\C)C1[C@@H](C)/C=C/C(OC(C)=O)CCCCCC(=O)N1C.C=C/C=C(\C)C1[C@@H](C)/C=C/C(O[Si](C)(C)C(C)(C)C)CCCCCC(=O)N1C.PP(P)P(P(P)P)P(P(P(P)P)P(P)P)P(P(P)P)P(P)P.PPP(P)P(P(P)P)P(P(P(P)P)P(P)P)P(P(P)P)P(P)P. The molecule has 7 nitrogen and oxygen atoms in total. The monoisotopic (exact) mass is 2180 g/mol. The van der Waals surface area contributed by atoms with Gasteiger partial charge >= 0.3 is 5.97 Å². The van der Waals surface area contributed by atoms with Crippen molar-refractivity contribution in [3.63, 3.8) is 0 Å². The van der Waals surface area contributed by atoms with Crippen LogP contribution >= 0.6 is 362 Å². The number of hydrogen-bond donors (Lipinski definition) is 0. The summed E-state index contributed by atoms with van der Waals surface area (Å²) in [7, 11) is 79.7. The van der Waals surface area contributed by atoms with Crippen LogP contribution in [0.25, 0.3) is 0 Å². The molecule has 0 aliphatic carbocycles. The third-order valence-corrected chi connectivity index (χ3v) is 304. The van der Waals surface area contributed by atoms with Crippen LogP contribution in [0.15, 0.2) is 72.9 Å². The quantitative estimate of drug-likeness (QED) is 0.0284. The first-order valence-electron chi connectivity index (χ1n) is 29.6. The van der Waals surface area contributed by atoms with Crippen molar-refractivity contribution in [2.45, 2.75) is 162 Å². The van der Waals surface area contributed by atoms with Crippen LogP contribution in [0.3, 0.4) is 0 Å². The average Bonchev–Trinajstić information content (AvgIpc) is 0.801. The van der Waals surface area contributed by atoms with Gasteiger partial charge in [0.05, 0.1) is 18.2 Å². The molecule has 2 heterocycles. The number of nitrogens with zero attached hydrogens (tertiary/aromatic N) is 2. The van der Waals surface area contributed by atoms with E-state index in [-0.39, 0.29) is 199 Å². The van der Waals surface area contributed by atoms with E-state index in [1.54, 1.807) is 6.08 Å². The van der Waals surface area contributed by atoms with Gasteiger partial charge in [-0.3, -0.25) is 14.4 Å². The molecule has 2 rings (SSSR count). The maximum absolute atomic E-state index is 12.7. The van der Waals surface area contributed by atoms with E-state index in [1.807, 2.05) is 55.1 Å². The molecule has 568 valence electrons. The van der Waals surface area contributed by atoms with E-state index < -0.39 is 8.32 Å². The predicted molar refractivity (Wildman–Crippen MR) is 601 cm³/mol. The molecule has 2 aliphatic rings. The van der Waals surface area contributed by atoms with Gasteiger partial charge in [0.15, 0.2) is 8.32 Å². The number of esters is 1. The molecular formula is C44H123N2O5P45Si. The van der Waals surface area contributed by atoms with Gasteiger partial charge in [0.2, 0.25) is 11.8 Å². The van der Waals surface area contributed by atoms with Gasteiger partial charge in [0.25, 0.3) is 0 Å². The van der Waals surface area contributed by atoms with Crippen molar-refractivity contribution in [1.29, 1.82) is 0 Å². The number of amides is 2. The lowest BCUT2D eigenvalue weighted by molar-refractivity contribution is -0.144. The van der Waals surface area contributed by atoms with Crippen LogP contribution in [0.1, 0.15) is 120 Å². The van der Waals surface area contributed by atoms with Crippen molar-refractivity contribution in [3.05, 3.63) is 72.9 Å². The molecule has 0 saturated carbocycles. The van der Waals surface area contributed by atoms with Gasteiger partial charge in [-0.05, 0) is 222 Å². The van der Waals surface area contributed by atoms with Gasteiger partial charge in [0, 0.05) is 33.9 Å². The molecule has 31 unspecified atom stereocenters. The first kappa shape index (κ1) is 115. The Morgan fingerprint density at radius 2 is 0.763 bits per heavy atom. The molecule has 0 aromatic carbocycles. The van der Waals surface area contributed by atoms with Crippen molar-refractivity contribution >= 4 is 388 Å². The van der Waals surface area contributed by atoms with E-state index in [0.29, 0.717) is 12.8 Å². The minimum atomic E-state index is -1.82. The molecule has 0 N–H and O–H groups in total. The zero-order valence-corrected chi connectivity index (χ0v) is 106. The van der Waals surface area contributed by atoms with Gasteiger partial charge in [-0.15, -0.1) is 214 Å². The van der Waals surface area contributed by atoms with Crippen LogP contribution in [-0.2, 0) is 23.5 Å². The minimum Gasteiger partial charge on any atom is -0.458 e. The van der Waals surface area contributed by atoms with Gasteiger partial charge < -0.3 is 19.0 Å². The number of rotatable bonds is 26. The molecule has 0 spiro atoms. The summed E-state index contributed by atoms with van der Waals surface area (Å²) in [6, 6.07) is 0.0267. The predicted octanol–water partition coefficient (Wildman–Crippen LogP) is 36.2. The van der Waals surface area contributed by atoms with Crippen molar-refractivity contribution in [2.75, 3.05) is 14.1 Å². The molecule has 0 saturated heterocycles. The second-order valence-corrected chi connectivity index (χ2v) is 205. The standard InChI is InChI=1S/C24H43NO2Si.C20H31NO3.H25P23.H24P22/c1-10-14-19(2)23-20(3)17-18-21(27-28(8,9)24(4,5)6)15-12-11-13-16-22(26)25(23)7;1-6-10-15(2)20-16(3)13-14-18(24-17(4)22)11-8-7-9-12-19(23)21(20)5;1-13-19(12)22(18(10)11)23(20(14(2)3)15(4)5)21(16(6)7)17(8)9;1-13(2)19(14(3)4)22(20(15(5)6)16(7)8)21(17(9)10)18(11)12/h10,14,17-18,20-21,23H,1,11-13,15-16H2,2-9H3;6,10,13-14,16,18,20H,1,7-9,11-12H2,2-5H3;13H,1-12H2;1-12H2/b18-17+,19-14+;14-13+,15-10+;;/t20-,21?,23?;16-,18?,20?;;/m00../s1. The van der Waals surface area contributed by atoms with E-state index in [2.05, 4.69) is 300 Å². The number of ether oxygens (including phenoxy) is 1. The van der Waals surface area contributed by atoms with E-state index in [9.17, 15) is 14.4 Å². The molecule has 0 bridgehead atoms. The summed E-state index contributed by atoms with van der Waals surface area (Å²) in [5, 5.41) is 0.203. The third-order valence-electron chi connectivity index (χ3n) is 14.5. The van der Waals surface area contributed by atoms with Gasteiger partial charge in [-0.1, -0.05) is 129 Å². The Bertz CT molecular complexity index is 2290. The minimum absolute atomic E-state index is 0.00720. The third kappa shape index (κ3) is 46.1. The summed E-state index contributed by atoms with van der Waals surface area (Å²) in [6.45, 7) is 30.1. The van der Waals surface area contributed by atoms with Crippen molar-refractivity contribution in [1.82, 2.24) is 9.80 Å². The molecule has 0 radical (unpaired) electrons. The van der Waals surface area contributed by atoms with Gasteiger partial charge in [0.1, 0.15) is 6.10 Å². The van der Waals surface area contributed by atoms with Crippen LogP contribution in [-0.4, -0.2) is 74.3 Å². The Labute approximate surface area is 674 Å². The zero-order valence-electron chi connectivity index (χ0n) is 58.3. The highest BCUT2D eigenvalue weighted by atomic mass is 33.5.